The molecule has 2 heterocycles. The largest absolute Gasteiger partial charge is 0.392 e. The molecule has 2 N–H and O–H groups in total. The number of aromatic nitrogens is 1. The summed E-state index contributed by atoms with van der Waals surface area (Å²) in [5, 5.41) is 5.39. The quantitative estimate of drug-likeness (QED) is 0.893. The molecule has 120 valence electrons. The monoisotopic (exact) mass is 343 g/mol. The van der Waals surface area contributed by atoms with Crippen LogP contribution in [0.1, 0.15) is 20.3 Å². The van der Waals surface area contributed by atoms with Gasteiger partial charge in [-0.25, -0.2) is 18.5 Å². The second-order valence-corrected chi connectivity index (χ2v) is 8.60. The summed E-state index contributed by atoms with van der Waals surface area (Å²) in [7, 11) is -3.83. The Morgan fingerprint density at radius 3 is 2.52 bits per heavy atom. The van der Waals surface area contributed by atoms with E-state index in [1.54, 1.807) is 18.7 Å². The van der Waals surface area contributed by atoms with E-state index in [1.807, 2.05) is 0 Å². The standard InChI is InChI=1S/C11H16F3N3O2S2/c1-10(2)6-17(4-3-7(10)11(12,13)14)9-16-5-8(20-9)21(15,18)19/h5,7H,3-4,6H2,1-2H3,(H2,15,18,19). The second kappa shape index (κ2) is 5.10. The highest BCUT2D eigenvalue weighted by atomic mass is 32.2. The van der Waals surface area contributed by atoms with Gasteiger partial charge >= 0.3 is 6.18 Å². The molecule has 2 rings (SSSR count). The van der Waals surface area contributed by atoms with Crippen LogP contribution in [0.3, 0.4) is 0 Å². The molecule has 0 bridgehead atoms. The molecule has 0 saturated carbocycles. The molecule has 1 fully saturated rings. The SMILES string of the molecule is CC1(C)CN(c2ncc(S(N)(=O)=O)s2)CCC1C(F)(F)F. The van der Waals surface area contributed by atoms with Crippen LogP contribution in [-0.4, -0.2) is 32.7 Å². The minimum absolute atomic E-state index is 0.0409. The van der Waals surface area contributed by atoms with E-state index in [0.29, 0.717) is 5.13 Å². The number of anilines is 1. The fraction of sp³-hybridized carbons (Fsp3) is 0.727. The maximum Gasteiger partial charge on any atom is 0.392 e. The Balaban J connectivity index is 2.20. The molecule has 1 saturated heterocycles. The third-order valence-electron chi connectivity index (χ3n) is 3.65. The van der Waals surface area contributed by atoms with Gasteiger partial charge in [-0.15, -0.1) is 0 Å². The smallest absolute Gasteiger partial charge is 0.347 e. The molecule has 0 amide bonds. The number of hydrogen-bond donors (Lipinski definition) is 1. The number of alkyl halides is 3. The number of nitrogens with two attached hydrogens (primary N) is 1. The van der Waals surface area contributed by atoms with Crippen molar-refractivity contribution in [2.45, 2.75) is 30.7 Å². The van der Waals surface area contributed by atoms with Crippen LogP contribution >= 0.6 is 11.3 Å². The van der Waals surface area contributed by atoms with Crippen molar-refractivity contribution in [2.75, 3.05) is 18.0 Å². The van der Waals surface area contributed by atoms with Gasteiger partial charge in [0.05, 0.1) is 12.1 Å². The molecule has 1 unspecified atom stereocenters. The van der Waals surface area contributed by atoms with Gasteiger partial charge in [0.1, 0.15) is 0 Å². The summed E-state index contributed by atoms with van der Waals surface area (Å²) in [4.78, 5) is 5.65. The van der Waals surface area contributed by atoms with Crippen LogP contribution in [0.25, 0.3) is 0 Å². The Kier molecular flexibility index (Phi) is 4.00. The summed E-state index contributed by atoms with van der Waals surface area (Å²) in [6, 6.07) is 0. The summed E-state index contributed by atoms with van der Waals surface area (Å²) >= 11 is 0.876. The van der Waals surface area contributed by atoms with Crippen LogP contribution in [0.4, 0.5) is 18.3 Å². The molecule has 1 aliphatic heterocycles. The molecule has 1 aliphatic rings. The summed E-state index contributed by atoms with van der Waals surface area (Å²) in [6.07, 6.45) is -3.14. The van der Waals surface area contributed by atoms with Crippen molar-refractivity contribution in [3.8, 4) is 0 Å². The minimum Gasteiger partial charge on any atom is -0.347 e. The number of sulfonamides is 1. The Labute approximate surface area is 125 Å². The van der Waals surface area contributed by atoms with E-state index >= 15 is 0 Å². The molecule has 10 heteroatoms. The molecule has 0 aliphatic carbocycles. The van der Waals surface area contributed by atoms with Crippen molar-refractivity contribution in [1.29, 1.82) is 0 Å². The van der Waals surface area contributed by atoms with E-state index in [1.165, 1.54) is 0 Å². The lowest BCUT2D eigenvalue weighted by Gasteiger charge is -2.44. The number of primary sulfonamides is 1. The second-order valence-electron chi connectivity index (χ2n) is 5.80. The van der Waals surface area contributed by atoms with Crippen LogP contribution in [-0.2, 0) is 10.0 Å². The van der Waals surface area contributed by atoms with Crippen LogP contribution < -0.4 is 10.0 Å². The zero-order valence-electron chi connectivity index (χ0n) is 11.5. The van der Waals surface area contributed by atoms with Crippen LogP contribution in [0.15, 0.2) is 10.4 Å². The first-order valence-corrected chi connectivity index (χ1v) is 8.58. The summed E-state index contributed by atoms with van der Waals surface area (Å²) in [6.45, 7) is 3.47. The van der Waals surface area contributed by atoms with Crippen LogP contribution in [0, 0.1) is 11.3 Å². The first-order chi connectivity index (χ1) is 9.41. The fourth-order valence-corrected chi connectivity index (χ4v) is 4.22. The Bertz CT molecular complexity index is 625. The van der Waals surface area contributed by atoms with E-state index in [-0.39, 0.29) is 23.7 Å². The van der Waals surface area contributed by atoms with Gasteiger partial charge in [-0.3, -0.25) is 0 Å². The van der Waals surface area contributed by atoms with Crippen molar-refractivity contribution in [2.24, 2.45) is 16.5 Å². The van der Waals surface area contributed by atoms with E-state index in [0.717, 1.165) is 17.5 Å². The van der Waals surface area contributed by atoms with E-state index in [4.69, 9.17) is 5.14 Å². The summed E-state index contributed by atoms with van der Waals surface area (Å²) < 4.78 is 61.4. The number of rotatable bonds is 2. The van der Waals surface area contributed by atoms with Crippen LogP contribution in [0.2, 0.25) is 0 Å². The molecular weight excluding hydrogens is 327 g/mol. The molecule has 1 aromatic rings. The van der Waals surface area contributed by atoms with Gasteiger partial charge in [-0.1, -0.05) is 25.2 Å². The lowest BCUT2D eigenvalue weighted by molar-refractivity contribution is -0.206. The number of piperidine rings is 1. The highest BCUT2D eigenvalue weighted by molar-refractivity contribution is 7.91. The first kappa shape index (κ1) is 16.5. The van der Waals surface area contributed by atoms with Gasteiger partial charge in [-0.2, -0.15) is 13.2 Å². The summed E-state index contributed by atoms with van der Waals surface area (Å²) in [5.74, 6) is -1.38. The predicted molar refractivity (Wildman–Crippen MR) is 73.6 cm³/mol. The maximum atomic E-state index is 13.0. The van der Waals surface area contributed by atoms with E-state index < -0.39 is 27.5 Å². The normalized spacial score (nSPS) is 23.3. The third-order valence-corrected chi connectivity index (χ3v) is 6.11. The highest BCUT2D eigenvalue weighted by Gasteiger charge is 2.51. The van der Waals surface area contributed by atoms with Gasteiger partial charge in [0.2, 0.25) is 10.0 Å². The first-order valence-electron chi connectivity index (χ1n) is 6.21. The third kappa shape index (κ3) is 3.49. The molecule has 5 nitrogen and oxygen atoms in total. The molecular formula is C11H16F3N3O2S2. The minimum atomic E-state index is -4.23. The van der Waals surface area contributed by atoms with Crippen molar-refractivity contribution in [3.05, 3.63) is 6.20 Å². The van der Waals surface area contributed by atoms with Gasteiger partial charge in [-0.05, 0) is 11.8 Å². The Morgan fingerprint density at radius 1 is 1.48 bits per heavy atom. The average Bonchev–Trinajstić information content (AvgIpc) is 2.73. The Morgan fingerprint density at radius 2 is 2.10 bits per heavy atom. The number of nitrogens with zero attached hydrogens (tertiary/aromatic N) is 2. The molecule has 21 heavy (non-hydrogen) atoms. The van der Waals surface area contributed by atoms with Gasteiger partial charge in [0, 0.05) is 13.1 Å². The van der Waals surface area contributed by atoms with E-state index in [9.17, 15) is 21.6 Å². The maximum absolute atomic E-state index is 13.0. The number of thiazole rings is 1. The zero-order chi connectivity index (χ0) is 16.1. The molecule has 0 spiro atoms. The van der Waals surface area contributed by atoms with Gasteiger partial charge < -0.3 is 4.90 Å². The lowest BCUT2D eigenvalue weighted by Crippen LogP contribution is -2.50. The predicted octanol–water partition coefficient (Wildman–Crippen LogP) is 2.21. The van der Waals surface area contributed by atoms with Crippen molar-refractivity contribution in [3.63, 3.8) is 0 Å². The molecule has 1 atom stereocenters. The molecule has 1 aromatic heterocycles. The lowest BCUT2D eigenvalue weighted by atomic mass is 9.73. The topological polar surface area (TPSA) is 76.3 Å². The summed E-state index contributed by atoms with van der Waals surface area (Å²) in [5.41, 5.74) is -0.968. The van der Waals surface area contributed by atoms with Crippen molar-refractivity contribution in [1.82, 2.24) is 4.98 Å². The van der Waals surface area contributed by atoms with Gasteiger partial charge in [0.25, 0.3) is 0 Å². The highest BCUT2D eigenvalue weighted by Crippen LogP contribution is 2.46. The number of halogens is 3. The number of hydrogen-bond acceptors (Lipinski definition) is 5. The van der Waals surface area contributed by atoms with E-state index in [2.05, 4.69) is 4.98 Å². The Hall–Kier alpha value is -0.870. The van der Waals surface area contributed by atoms with Crippen molar-refractivity contribution < 1.29 is 21.6 Å². The van der Waals surface area contributed by atoms with Crippen molar-refractivity contribution >= 4 is 26.5 Å². The molecule has 0 radical (unpaired) electrons. The van der Waals surface area contributed by atoms with Crippen LogP contribution in [0.5, 0.6) is 0 Å². The van der Waals surface area contributed by atoms with Gasteiger partial charge in [0.15, 0.2) is 9.34 Å². The molecule has 0 aromatic carbocycles. The zero-order valence-corrected chi connectivity index (χ0v) is 13.1. The fourth-order valence-electron chi connectivity index (χ4n) is 2.66. The average molecular weight is 343 g/mol.